The normalized spacial score (nSPS) is 27.5. The van der Waals surface area contributed by atoms with E-state index in [1.807, 2.05) is 91.1 Å². The molecule has 4 aromatic carbocycles. The minimum Gasteiger partial charge on any atom is -0.361 e. The zero-order chi connectivity index (χ0) is 28.5. The number of carbonyl (C=O) groups is 3. The molecular weight excluding hydrogens is 524 g/mol. The van der Waals surface area contributed by atoms with Gasteiger partial charge in [-0.25, -0.2) is 4.79 Å². The van der Waals surface area contributed by atoms with Gasteiger partial charge in [0.25, 0.3) is 11.8 Å². The fraction of sp³-hybridized carbons (Fsp3) is 0.171. The summed E-state index contributed by atoms with van der Waals surface area (Å²) in [5.74, 6) is -1.50. The molecule has 4 amide bonds. The second kappa shape index (κ2) is 8.74. The summed E-state index contributed by atoms with van der Waals surface area (Å²) in [5.41, 5.74) is 1.54. The lowest BCUT2D eigenvalue weighted by molar-refractivity contribution is -0.141. The maximum Gasteiger partial charge on any atom is 0.328 e. The lowest BCUT2D eigenvalue weighted by Crippen LogP contribution is -2.76. The number of carbonyl (C=O) groups excluding carboxylic acids is 3. The van der Waals surface area contributed by atoms with Crippen molar-refractivity contribution in [1.82, 2.24) is 20.9 Å². The van der Waals surface area contributed by atoms with E-state index in [0.29, 0.717) is 6.42 Å². The summed E-state index contributed by atoms with van der Waals surface area (Å²) >= 11 is 0. The summed E-state index contributed by atoms with van der Waals surface area (Å²) in [4.78, 5) is 44.5. The van der Waals surface area contributed by atoms with Gasteiger partial charge in [-0.3, -0.25) is 25.5 Å². The molecule has 2 aliphatic heterocycles. The molecule has 8 rings (SSSR count). The number of amides is 4. The maximum absolute atomic E-state index is 14.3. The van der Waals surface area contributed by atoms with E-state index < -0.39 is 34.2 Å². The second-order valence-electron chi connectivity index (χ2n) is 11.5. The molecule has 3 heterocycles. The number of imide groups is 2. The first kappa shape index (κ1) is 24.8. The Labute approximate surface area is 242 Å². The lowest BCUT2D eigenvalue weighted by atomic mass is 9.69. The third-order valence-electron chi connectivity index (χ3n) is 9.84. The Morgan fingerprint density at radius 1 is 0.643 bits per heavy atom. The van der Waals surface area contributed by atoms with Crippen LogP contribution in [0.5, 0.6) is 0 Å². The van der Waals surface area contributed by atoms with Crippen molar-refractivity contribution < 1.29 is 14.4 Å². The molecule has 1 saturated carbocycles. The van der Waals surface area contributed by atoms with Gasteiger partial charge in [0.05, 0.1) is 5.41 Å². The number of barbiturate groups is 1. The van der Waals surface area contributed by atoms with Gasteiger partial charge in [0.2, 0.25) is 0 Å². The fourth-order valence-electron chi connectivity index (χ4n) is 8.53. The summed E-state index contributed by atoms with van der Waals surface area (Å²) in [5, 5.41) is 9.64. The molecule has 7 nitrogen and oxygen atoms in total. The molecule has 42 heavy (non-hydrogen) atoms. The standard InChI is InChI=1S/C35H28N4O3/c40-30-35(31(41)38-32(42)37-30)34(25-16-8-3-9-17-25)29(22-12-4-1-5-13-22)33(34,24-14-6-2-7-15-24)28(39-35)20-23-21-36-27-19-11-10-18-26(23)27/h1-19,21,28-29,36,39H,20H2,(H2,37,38,40,41,42)/t28-,29-,33-,34+/m1/s1. The van der Waals surface area contributed by atoms with Crippen LogP contribution in [-0.4, -0.2) is 34.4 Å². The van der Waals surface area contributed by atoms with Gasteiger partial charge in [-0.05, 0) is 34.7 Å². The molecule has 1 aromatic heterocycles. The molecule has 2 saturated heterocycles. The number of H-pyrrole nitrogens is 1. The van der Waals surface area contributed by atoms with Gasteiger partial charge >= 0.3 is 6.03 Å². The van der Waals surface area contributed by atoms with Gasteiger partial charge in [-0.15, -0.1) is 0 Å². The minimum atomic E-state index is -1.75. The average Bonchev–Trinajstić information content (AvgIpc) is 3.35. The summed E-state index contributed by atoms with van der Waals surface area (Å²) < 4.78 is 0. The van der Waals surface area contributed by atoms with Crippen LogP contribution in [0.4, 0.5) is 4.79 Å². The van der Waals surface area contributed by atoms with Crippen molar-refractivity contribution in [3.05, 3.63) is 144 Å². The number of hydrogen-bond donors (Lipinski definition) is 4. The molecule has 0 bridgehead atoms. The summed E-state index contributed by atoms with van der Waals surface area (Å²) in [6, 6.07) is 37.2. The number of rotatable bonds is 5. The largest absolute Gasteiger partial charge is 0.361 e. The number of nitrogens with one attached hydrogen (secondary N) is 4. The van der Waals surface area contributed by atoms with Gasteiger partial charge in [0.15, 0.2) is 5.54 Å². The summed E-state index contributed by atoms with van der Waals surface area (Å²) in [6.07, 6.45) is 2.57. The lowest BCUT2D eigenvalue weighted by Gasteiger charge is -2.40. The highest BCUT2D eigenvalue weighted by Crippen LogP contribution is 2.83. The van der Waals surface area contributed by atoms with Crippen molar-refractivity contribution in [2.24, 2.45) is 0 Å². The number of para-hydroxylation sites is 1. The van der Waals surface area contributed by atoms with Crippen molar-refractivity contribution in [3.63, 3.8) is 0 Å². The van der Waals surface area contributed by atoms with E-state index in [2.05, 4.69) is 51.3 Å². The fourth-order valence-corrected chi connectivity index (χ4v) is 8.53. The van der Waals surface area contributed by atoms with E-state index in [1.165, 1.54) is 0 Å². The molecule has 4 atom stereocenters. The van der Waals surface area contributed by atoms with E-state index >= 15 is 0 Å². The first-order valence-electron chi connectivity index (χ1n) is 14.2. The van der Waals surface area contributed by atoms with E-state index in [-0.39, 0.29) is 12.0 Å². The molecular formula is C35H28N4O3. The third-order valence-corrected chi connectivity index (χ3v) is 9.84. The zero-order valence-electron chi connectivity index (χ0n) is 22.6. The first-order valence-corrected chi connectivity index (χ1v) is 14.2. The van der Waals surface area contributed by atoms with E-state index in [9.17, 15) is 14.4 Å². The Balaban J connectivity index is 1.47. The van der Waals surface area contributed by atoms with Crippen LogP contribution in [0.15, 0.2) is 121 Å². The molecule has 206 valence electrons. The Bertz CT molecular complexity index is 1850. The minimum absolute atomic E-state index is 0.253. The Morgan fingerprint density at radius 3 is 1.88 bits per heavy atom. The maximum atomic E-state index is 14.3. The number of benzene rings is 4. The monoisotopic (exact) mass is 552 g/mol. The van der Waals surface area contributed by atoms with Crippen LogP contribution < -0.4 is 16.0 Å². The highest BCUT2D eigenvalue weighted by molar-refractivity contribution is 6.25. The van der Waals surface area contributed by atoms with Crippen LogP contribution in [-0.2, 0) is 26.8 Å². The number of urea groups is 1. The number of fused-ring (bicyclic) bond motifs is 3. The average molecular weight is 553 g/mol. The van der Waals surface area contributed by atoms with Crippen LogP contribution in [0, 0.1) is 0 Å². The molecule has 3 fully saturated rings. The highest BCUT2D eigenvalue weighted by atomic mass is 16.2. The molecule has 4 N–H and O–H groups in total. The topological polar surface area (TPSA) is 103 Å². The summed E-state index contributed by atoms with van der Waals surface area (Å²) in [6.45, 7) is 0. The quantitative estimate of drug-likeness (QED) is 0.242. The number of piperidine rings is 1. The molecule has 0 radical (unpaired) electrons. The van der Waals surface area contributed by atoms with Crippen molar-refractivity contribution >= 4 is 28.7 Å². The molecule has 3 aliphatic rings. The van der Waals surface area contributed by atoms with Gasteiger partial charge < -0.3 is 4.98 Å². The zero-order valence-corrected chi connectivity index (χ0v) is 22.6. The third kappa shape index (κ3) is 2.90. The predicted molar refractivity (Wildman–Crippen MR) is 159 cm³/mol. The van der Waals surface area contributed by atoms with Crippen molar-refractivity contribution in [1.29, 1.82) is 0 Å². The van der Waals surface area contributed by atoms with Gasteiger partial charge in [-0.2, -0.15) is 0 Å². The summed E-state index contributed by atoms with van der Waals surface area (Å²) in [7, 11) is 0. The molecule has 1 spiro atoms. The number of hydrogen-bond acceptors (Lipinski definition) is 4. The smallest absolute Gasteiger partial charge is 0.328 e. The number of aromatic nitrogens is 1. The van der Waals surface area contributed by atoms with Crippen molar-refractivity contribution in [3.8, 4) is 0 Å². The van der Waals surface area contributed by atoms with Crippen LogP contribution in [0.1, 0.15) is 28.2 Å². The molecule has 5 aromatic rings. The predicted octanol–water partition coefficient (Wildman–Crippen LogP) is 4.46. The van der Waals surface area contributed by atoms with Crippen LogP contribution in [0.25, 0.3) is 10.9 Å². The Kier molecular flexibility index (Phi) is 5.15. The highest BCUT2D eigenvalue weighted by Gasteiger charge is 2.94. The first-order chi connectivity index (χ1) is 20.5. The van der Waals surface area contributed by atoms with Gasteiger partial charge in [-0.1, -0.05) is 109 Å². The van der Waals surface area contributed by atoms with Crippen LogP contribution >= 0.6 is 0 Å². The van der Waals surface area contributed by atoms with Crippen molar-refractivity contribution in [2.45, 2.75) is 34.7 Å². The second-order valence-corrected chi connectivity index (χ2v) is 11.5. The Hall–Kier alpha value is -5.01. The van der Waals surface area contributed by atoms with Crippen LogP contribution in [0.3, 0.4) is 0 Å². The van der Waals surface area contributed by atoms with Gasteiger partial charge in [0, 0.05) is 34.5 Å². The molecule has 7 heteroatoms. The number of aromatic amines is 1. The van der Waals surface area contributed by atoms with Crippen molar-refractivity contribution in [2.75, 3.05) is 0 Å². The van der Waals surface area contributed by atoms with E-state index in [0.717, 1.165) is 33.2 Å². The Morgan fingerprint density at radius 2 is 1.21 bits per heavy atom. The SMILES string of the molecule is O=C1NC(=O)C2(N[C@H](Cc3c[nH]c4ccccc34)[C@]3(c4ccccc4)[C@@H](c4ccccc4)[C@]23c2ccccc2)C(=O)N1. The van der Waals surface area contributed by atoms with E-state index in [1.54, 1.807) is 0 Å². The van der Waals surface area contributed by atoms with E-state index in [4.69, 9.17) is 0 Å². The molecule has 0 unspecified atom stereocenters. The molecule has 1 aliphatic carbocycles. The van der Waals surface area contributed by atoms with Gasteiger partial charge in [0.1, 0.15) is 0 Å². The van der Waals surface area contributed by atoms with Crippen LogP contribution in [0.2, 0.25) is 0 Å².